The van der Waals surface area contributed by atoms with Crippen LogP contribution in [0.25, 0.3) is 0 Å². The zero-order valence-corrected chi connectivity index (χ0v) is 5.97. The van der Waals surface area contributed by atoms with Crippen molar-refractivity contribution in [3.8, 4) is 0 Å². The van der Waals surface area contributed by atoms with Crippen molar-refractivity contribution in [3.05, 3.63) is 7.43 Å². The maximum atomic E-state index is 0. The van der Waals surface area contributed by atoms with Crippen LogP contribution in [0.3, 0.4) is 0 Å². The largest absolute Gasteiger partial charge is 0 e. The molecule has 0 saturated heterocycles. The molecule has 0 aromatic heterocycles. The Morgan fingerprint density at radius 3 is 1.00 bits per heavy atom. The predicted octanol–water partition coefficient (Wildman–Crippen LogP) is 0.0738. The Bertz CT molecular complexity index is 8.00. The molecule has 3 heteroatoms. The third-order valence-electron chi connectivity index (χ3n) is 0. The van der Waals surface area contributed by atoms with Crippen molar-refractivity contribution in [2.45, 2.75) is 0 Å². The van der Waals surface area contributed by atoms with Crippen molar-refractivity contribution in [2.24, 2.45) is 0 Å². The SMILES string of the molecule is [C].[Co].[Cr].[Mo]. The van der Waals surface area contributed by atoms with Crippen LogP contribution in [0, 0.1) is 7.43 Å². The third-order valence-corrected chi connectivity index (χ3v) is 0. The molecule has 0 unspecified atom stereocenters. The van der Waals surface area contributed by atoms with Crippen molar-refractivity contribution in [1.29, 1.82) is 0 Å². The summed E-state index contributed by atoms with van der Waals surface area (Å²) < 4.78 is 0. The minimum atomic E-state index is 0. The van der Waals surface area contributed by atoms with Crippen LogP contribution in [-0.4, -0.2) is 0 Å². The van der Waals surface area contributed by atoms with Gasteiger partial charge in [-0.1, -0.05) is 0 Å². The zero-order valence-electron chi connectivity index (χ0n) is 1.65. The van der Waals surface area contributed by atoms with Gasteiger partial charge in [0.25, 0.3) is 0 Å². The van der Waals surface area contributed by atoms with Crippen LogP contribution in [0.4, 0.5) is 0 Å². The normalized spacial score (nSPS) is 0. The first-order chi connectivity index (χ1) is 0. The predicted molar refractivity (Wildman–Crippen MR) is 3.24 cm³/mol. The summed E-state index contributed by atoms with van der Waals surface area (Å²) in [6.07, 6.45) is 0. The van der Waals surface area contributed by atoms with E-state index in [9.17, 15) is 0 Å². The van der Waals surface area contributed by atoms with Crippen molar-refractivity contribution in [2.75, 3.05) is 0 Å². The minimum Gasteiger partial charge on any atom is 0 e. The maximum Gasteiger partial charge on any atom is 0 e. The van der Waals surface area contributed by atoms with Crippen LogP contribution in [0.15, 0.2) is 0 Å². The van der Waals surface area contributed by atoms with E-state index in [1.807, 2.05) is 0 Å². The smallest absolute Gasteiger partial charge is 0 e. The second-order valence-corrected chi connectivity index (χ2v) is 0. The molecule has 0 bridgehead atoms. The van der Waals surface area contributed by atoms with Crippen molar-refractivity contribution < 1.29 is 55.2 Å². The third kappa shape index (κ3) is 9.29. The van der Waals surface area contributed by atoms with Crippen molar-refractivity contribution in [1.82, 2.24) is 0 Å². The fourth-order valence-corrected chi connectivity index (χ4v) is 0. The van der Waals surface area contributed by atoms with Gasteiger partial charge >= 0.3 is 0 Å². The van der Waals surface area contributed by atoms with E-state index in [1.165, 1.54) is 0 Å². The van der Waals surface area contributed by atoms with Gasteiger partial charge in [0, 0.05) is 62.6 Å². The average Bonchev–Trinajstić information content (AvgIpc) is 0. The van der Waals surface area contributed by atoms with Gasteiger partial charge in [-0.05, 0) is 0 Å². The molecule has 0 aliphatic rings. The Morgan fingerprint density at radius 2 is 1.00 bits per heavy atom. The van der Waals surface area contributed by atoms with E-state index in [0.717, 1.165) is 0 Å². The van der Waals surface area contributed by atoms with Crippen LogP contribution in [0.1, 0.15) is 0 Å². The van der Waals surface area contributed by atoms with Gasteiger partial charge in [0.1, 0.15) is 0 Å². The van der Waals surface area contributed by atoms with Crippen molar-refractivity contribution in [3.63, 3.8) is 0 Å². The van der Waals surface area contributed by atoms with Crippen LogP contribution >= 0.6 is 0 Å². The number of rotatable bonds is 0. The second-order valence-electron chi connectivity index (χ2n) is 0. The van der Waals surface area contributed by atoms with E-state index >= 15 is 0 Å². The molecular weight excluding hydrogens is 219 g/mol. The summed E-state index contributed by atoms with van der Waals surface area (Å²) in [6, 6.07) is 0. The summed E-state index contributed by atoms with van der Waals surface area (Å²) in [5.74, 6) is 0. The average molecular weight is 219 g/mol. The second kappa shape index (κ2) is 22.0. The molecule has 0 fully saturated rings. The Labute approximate surface area is 62.3 Å². The molecule has 0 rings (SSSR count). The van der Waals surface area contributed by atoms with Gasteiger partial charge < -0.3 is 0 Å². The van der Waals surface area contributed by atoms with Gasteiger partial charge in [-0.15, -0.1) is 0 Å². The molecule has 25 valence electrons. The van der Waals surface area contributed by atoms with Gasteiger partial charge in [-0.2, -0.15) is 0 Å². The molecule has 0 aliphatic heterocycles. The number of hydrogen-bond donors (Lipinski definition) is 0. The molecule has 5 radical (unpaired) electrons. The summed E-state index contributed by atoms with van der Waals surface area (Å²) in [5.41, 5.74) is 0. The maximum absolute atomic E-state index is 0. The van der Waals surface area contributed by atoms with Gasteiger partial charge in [0.2, 0.25) is 0 Å². The van der Waals surface area contributed by atoms with Crippen LogP contribution in [-0.2, 0) is 55.2 Å². The quantitative estimate of drug-likeness (QED) is 0.506. The molecule has 0 aromatic rings. The summed E-state index contributed by atoms with van der Waals surface area (Å²) in [6.45, 7) is 0. The molecule has 0 atom stereocenters. The molecule has 0 heterocycles. The summed E-state index contributed by atoms with van der Waals surface area (Å²) >= 11 is 0. The topological polar surface area (TPSA) is 0 Å². The van der Waals surface area contributed by atoms with E-state index in [-0.39, 0.29) is 62.6 Å². The monoisotopic (exact) mass is 221 g/mol. The molecule has 0 saturated carbocycles. The Morgan fingerprint density at radius 1 is 1.00 bits per heavy atom. The molecular formula is CCoCrMo. The molecule has 0 amide bonds. The van der Waals surface area contributed by atoms with Crippen LogP contribution < -0.4 is 0 Å². The Kier molecular flexibility index (Phi) is 236. The van der Waals surface area contributed by atoms with Gasteiger partial charge in [0.15, 0.2) is 0 Å². The van der Waals surface area contributed by atoms with Gasteiger partial charge in [-0.25, -0.2) is 0 Å². The van der Waals surface area contributed by atoms with E-state index in [2.05, 4.69) is 0 Å². The molecule has 0 aliphatic carbocycles. The van der Waals surface area contributed by atoms with E-state index in [1.54, 1.807) is 0 Å². The fourth-order valence-electron chi connectivity index (χ4n) is 0. The van der Waals surface area contributed by atoms with Gasteiger partial charge in [-0.3, -0.25) is 0 Å². The first kappa shape index (κ1) is 42.9. The molecule has 0 nitrogen and oxygen atoms in total. The Hall–Kier alpha value is 1.73. The van der Waals surface area contributed by atoms with Gasteiger partial charge in [0.05, 0.1) is 0 Å². The molecule has 0 spiro atoms. The first-order valence-electron chi connectivity index (χ1n) is 0. The zero-order chi connectivity index (χ0) is 0. The van der Waals surface area contributed by atoms with Crippen LogP contribution in [0.5, 0.6) is 0 Å². The number of hydrogen-bond acceptors (Lipinski definition) is 0. The van der Waals surface area contributed by atoms with E-state index in [4.69, 9.17) is 0 Å². The van der Waals surface area contributed by atoms with E-state index in [0.29, 0.717) is 0 Å². The van der Waals surface area contributed by atoms with Crippen molar-refractivity contribution >= 4 is 0 Å². The van der Waals surface area contributed by atoms with E-state index < -0.39 is 0 Å². The van der Waals surface area contributed by atoms with Crippen LogP contribution in [0.2, 0.25) is 0 Å². The molecule has 0 aromatic carbocycles. The first-order valence-corrected chi connectivity index (χ1v) is 0. The summed E-state index contributed by atoms with van der Waals surface area (Å²) in [4.78, 5) is 0. The standard InChI is InChI=1S/C.Co.Cr.Mo. The summed E-state index contributed by atoms with van der Waals surface area (Å²) in [5, 5.41) is 0. The minimum absolute atomic E-state index is 0. The molecule has 0 N–H and O–H groups in total. The fraction of sp³-hybridized carbons (Fsp3) is 0. The Balaban J connectivity index is 0. The summed E-state index contributed by atoms with van der Waals surface area (Å²) in [7, 11) is 0. The molecule has 4 heavy (non-hydrogen) atoms.